The lowest BCUT2D eigenvalue weighted by molar-refractivity contribution is 0.330. The van der Waals surface area contributed by atoms with Gasteiger partial charge in [0.15, 0.2) is 0 Å². The zero-order valence-electron chi connectivity index (χ0n) is 18.9. The summed E-state index contributed by atoms with van der Waals surface area (Å²) in [4.78, 5) is 21.9. The molecule has 3 aromatic rings. The molecule has 0 spiro atoms. The number of rotatable bonds is 4. The summed E-state index contributed by atoms with van der Waals surface area (Å²) < 4.78 is 26.7. The van der Waals surface area contributed by atoms with Crippen LogP contribution in [-0.2, 0) is 23.0 Å². The van der Waals surface area contributed by atoms with E-state index in [1.807, 2.05) is 12.4 Å². The van der Waals surface area contributed by atoms with Crippen LogP contribution in [0.3, 0.4) is 0 Å². The van der Waals surface area contributed by atoms with E-state index < -0.39 is 10.0 Å². The van der Waals surface area contributed by atoms with Gasteiger partial charge in [-0.2, -0.15) is 0 Å². The second-order valence-corrected chi connectivity index (χ2v) is 11.6. The van der Waals surface area contributed by atoms with Crippen molar-refractivity contribution < 1.29 is 8.42 Å². The highest BCUT2D eigenvalue weighted by Crippen LogP contribution is 2.41. The van der Waals surface area contributed by atoms with E-state index in [0.717, 1.165) is 61.4 Å². The highest BCUT2D eigenvalue weighted by Gasteiger charge is 2.44. The van der Waals surface area contributed by atoms with Crippen LogP contribution in [0.2, 0.25) is 0 Å². The lowest BCUT2D eigenvalue weighted by atomic mass is 9.92. The Hall–Kier alpha value is -2.72. The zero-order valence-corrected chi connectivity index (χ0v) is 19.7. The van der Waals surface area contributed by atoms with E-state index in [4.69, 9.17) is 4.98 Å². The van der Waals surface area contributed by atoms with Gasteiger partial charge in [0, 0.05) is 67.2 Å². The summed E-state index contributed by atoms with van der Waals surface area (Å²) in [5.41, 5.74) is 4.37. The largest absolute Gasteiger partial charge is 0.363 e. The molecule has 3 aromatic heterocycles. The molecule has 174 valence electrons. The van der Waals surface area contributed by atoms with Crippen molar-refractivity contribution in [2.75, 3.05) is 29.1 Å². The molecule has 1 aliphatic carbocycles. The third-order valence-corrected chi connectivity index (χ3v) is 8.29. The molecule has 5 heterocycles. The Morgan fingerprint density at radius 2 is 1.91 bits per heavy atom. The average molecular weight is 468 g/mol. The molecule has 1 saturated carbocycles. The maximum atomic E-state index is 11.9. The van der Waals surface area contributed by atoms with Crippen molar-refractivity contribution >= 4 is 32.6 Å². The van der Waals surface area contributed by atoms with Gasteiger partial charge < -0.3 is 14.8 Å². The molecule has 2 fully saturated rings. The molecule has 6 rings (SSSR count). The van der Waals surface area contributed by atoms with Crippen LogP contribution in [0.25, 0.3) is 11.0 Å². The highest BCUT2D eigenvalue weighted by molar-refractivity contribution is 7.88. The molecule has 3 atom stereocenters. The molecule has 0 radical (unpaired) electrons. The molecule has 2 aliphatic heterocycles. The lowest BCUT2D eigenvalue weighted by Gasteiger charge is -2.42. The van der Waals surface area contributed by atoms with Gasteiger partial charge in [-0.1, -0.05) is 0 Å². The van der Waals surface area contributed by atoms with E-state index in [9.17, 15) is 8.42 Å². The molecule has 0 aromatic carbocycles. The molecule has 2 N–H and O–H groups in total. The molecule has 0 amide bonds. The van der Waals surface area contributed by atoms with Gasteiger partial charge in [0.2, 0.25) is 10.0 Å². The lowest BCUT2D eigenvalue weighted by Crippen LogP contribution is -2.53. The number of sulfonamides is 1. The van der Waals surface area contributed by atoms with Crippen LogP contribution in [0.1, 0.15) is 31.0 Å². The number of H-pyrrole nitrogens is 1. The Kier molecular flexibility index (Phi) is 4.84. The number of hydrogen-bond acceptors (Lipinski definition) is 7. The summed E-state index contributed by atoms with van der Waals surface area (Å²) >= 11 is 0. The van der Waals surface area contributed by atoms with Crippen molar-refractivity contribution in [3.63, 3.8) is 0 Å². The predicted molar refractivity (Wildman–Crippen MR) is 128 cm³/mol. The number of anilines is 2. The van der Waals surface area contributed by atoms with Gasteiger partial charge in [-0.25, -0.2) is 28.1 Å². The van der Waals surface area contributed by atoms with Gasteiger partial charge >= 0.3 is 0 Å². The van der Waals surface area contributed by atoms with Crippen LogP contribution >= 0.6 is 0 Å². The molecule has 2 bridgehead atoms. The second kappa shape index (κ2) is 7.66. The fourth-order valence-corrected chi connectivity index (χ4v) is 7.00. The van der Waals surface area contributed by atoms with E-state index in [0.29, 0.717) is 17.9 Å². The van der Waals surface area contributed by atoms with Crippen LogP contribution in [0.5, 0.6) is 0 Å². The third-order valence-electron chi connectivity index (χ3n) is 7.59. The molecular weight excluding hydrogens is 438 g/mol. The van der Waals surface area contributed by atoms with E-state index >= 15 is 0 Å². The molecule has 2 unspecified atom stereocenters. The number of nitrogens with zero attached hydrogens (tertiary/aromatic N) is 5. The SMILES string of the molecule is C[C@@H]1Cc2ncnc(N3CC4CCC(C3)C4NS(C)(=O)=O)c2CN1c1ccnc2[nH]ccc12. The van der Waals surface area contributed by atoms with E-state index in [2.05, 4.69) is 48.5 Å². The Morgan fingerprint density at radius 1 is 1.12 bits per heavy atom. The Morgan fingerprint density at radius 3 is 2.67 bits per heavy atom. The van der Waals surface area contributed by atoms with Gasteiger partial charge in [-0.15, -0.1) is 0 Å². The number of aromatic nitrogens is 4. The minimum absolute atomic E-state index is 0.0316. The van der Waals surface area contributed by atoms with Gasteiger partial charge in [0.1, 0.15) is 17.8 Å². The first-order valence-corrected chi connectivity index (χ1v) is 13.5. The minimum Gasteiger partial charge on any atom is -0.363 e. The van der Waals surface area contributed by atoms with Gasteiger partial charge in [-0.3, -0.25) is 0 Å². The Labute approximate surface area is 193 Å². The number of aromatic amines is 1. The zero-order chi connectivity index (χ0) is 22.7. The van der Waals surface area contributed by atoms with Gasteiger partial charge in [0.05, 0.1) is 11.9 Å². The number of piperidine rings is 1. The summed E-state index contributed by atoms with van der Waals surface area (Å²) in [6.45, 7) is 4.63. The van der Waals surface area contributed by atoms with Gasteiger partial charge in [-0.05, 0) is 43.7 Å². The standard InChI is InChI=1S/C23H29N7O2S/c1-14-9-19-18(12-30(14)20-6-8-25-22-17(20)5-7-24-22)23(27-13-26-19)29-10-15-3-4-16(11-29)21(15)28-33(2,31)32/h5-8,13-16,21,28H,3-4,9-12H2,1-2H3,(H,24,25)/t14-,15?,16?,21?/m1/s1. The molecule has 1 saturated heterocycles. The maximum Gasteiger partial charge on any atom is 0.208 e. The molecule has 33 heavy (non-hydrogen) atoms. The second-order valence-electron chi connectivity index (χ2n) is 9.79. The van der Waals surface area contributed by atoms with Crippen LogP contribution < -0.4 is 14.5 Å². The maximum absolute atomic E-state index is 11.9. The summed E-state index contributed by atoms with van der Waals surface area (Å²) in [7, 11) is -3.21. The Bertz CT molecular complexity index is 1290. The van der Waals surface area contributed by atoms with Crippen LogP contribution in [-0.4, -0.2) is 59.8 Å². The summed E-state index contributed by atoms with van der Waals surface area (Å²) in [5.74, 6) is 1.62. The molecule has 9 nitrogen and oxygen atoms in total. The smallest absolute Gasteiger partial charge is 0.208 e. The van der Waals surface area contributed by atoms with E-state index in [1.165, 1.54) is 17.5 Å². The third kappa shape index (κ3) is 3.65. The monoisotopic (exact) mass is 467 g/mol. The van der Waals surface area contributed by atoms with Crippen LogP contribution in [0, 0.1) is 11.8 Å². The fourth-order valence-electron chi connectivity index (χ4n) is 6.12. The molecular formula is C23H29N7O2S. The van der Waals surface area contributed by atoms with Crippen molar-refractivity contribution in [3.05, 3.63) is 42.1 Å². The summed E-state index contributed by atoms with van der Waals surface area (Å²) in [6, 6.07) is 4.51. The molecule has 3 aliphatic rings. The Balaban J connectivity index is 1.32. The number of pyridine rings is 1. The first-order chi connectivity index (χ1) is 15.9. The van der Waals surface area contributed by atoms with E-state index in [1.54, 1.807) is 6.33 Å². The topological polar surface area (TPSA) is 107 Å². The summed E-state index contributed by atoms with van der Waals surface area (Å²) in [5, 5.41) is 1.12. The van der Waals surface area contributed by atoms with E-state index in [-0.39, 0.29) is 6.04 Å². The quantitative estimate of drug-likeness (QED) is 0.605. The van der Waals surface area contributed by atoms with Crippen molar-refractivity contribution in [3.8, 4) is 0 Å². The first-order valence-electron chi connectivity index (χ1n) is 11.6. The fraction of sp³-hybridized carbons (Fsp3) is 0.522. The van der Waals surface area contributed by atoms with Crippen LogP contribution in [0.15, 0.2) is 30.9 Å². The van der Waals surface area contributed by atoms with Crippen molar-refractivity contribution in [1.82, 2.24) is 24.7 Å². The molecule has 10 heteroatoms. The summed E-state index contributed by atoms with van der Waals surface area (Å²) in [6.07, 6.45) is 9.70. The predicted octanol–water partition coefficient (Wildman–Crippen LogP) is 2.07. The van der Waals surface area contributed by atoms with Crippen molar-refractivity contribution in [2.24, 2.45) is 11.8 Å². The highest BCUT2D eigenvalue weighted by atomic mass is 32.2. The first kappa shape index (κ1) is 20.9. The van der Waals surface area contributed by atoms with Gasteiger partial charge in [0.25, 0.3) is 0 Å². The van der Waals surface area contributed by atoms with Crippen molar-refractivity contribution in [1.29, 1.82) is 0 Å². The average Bonchev–Trinajstić information content (AvgIpc) is 3.32. The minimum atomic E-state index is -3.21. The van der Waals surface area contributed by atoms with Crippen molar-refractivity contribution in [2.45, 2.75) is 44.8 Å². The normalized spacial score (nSPS) is 27.2. The number of nitrogens with one attached hydrogen (secondary N) is 2. The number of hydrogen-bond donors (Lipinski definition) is 2. The number of fused-ring (bicyclic) bond motifs is 4. The van der Waals surface area contributed by atoms with Crippen LogP contribution in [0.4, 0.5) is 11.5 Å².